The van der Waals surface area contributed by atoms with Crippen LogP contribution >= 0.6 is 28.3 Å². The number of benzene rings is 1. The molecule has 1 heterocycles. The van der Waals surface area contributed by atoms with Crippen molar-refractivity contribution in [3.05, 3.63) is 28.2 Å². The van der Waals surface area contributed by atoms with Gasteiger partial charge < -0.3 is 10.6 Å². The smallest absolute Gasteiger partial charge is 0.326 e. The maximum Gasteiger partial charge on any atom is 0.416 e. The van der Waals surface area contributed by atoms with Crippen LogP contribution in [0.5, 0.6) is 0 Å². The average Bonchev–Trinajstić information content (AvgIpc) is 2.80. The third-order valence-corrected chi connectivity index (χ3v) is 3.38. The number of carbonyl (C=O) groups is 1. The number of anilines is 1. The summed E-state index contributed by atoms with van der Waals surface area (Å²) in [6.45, 7) is 1.32. The highest BCUT2D eigenvalue weighted by Gasteiger charge is 2.31. The molecule has 1 aromatic carbocycles. The summed E-state index contributed by atoms with van der Waals surface area (Å²) >= 11 is 3.02. The van der Waals surface area contributed by atoms with E-state index in [-0.39, 0.29) is 34.4 Å². The summed E-state index contributed by atoms with van der Waals surface area (Å²) in [7, 11) is 0. The van der Waals surface area contributed by atoms with Gasteiger partial charge in [-0.1, -0.05) is 15.9 Å². The second-order valence-electron chi connectivity index (χ2n) is 4.41. The molecule has 8 heteroatoms. The number of hydrogen-bond donors (Lipinski definition) is 2. The highest BCUT2D eigenvalue weighted by atomic mass is 79.9. The monoisotopic (exact) mass is 372 g/mol. The highest BCUT2D eigenvalue weighted by Crippen LogP contribution is 2.33. The van der Waals surface area contributed by atoms with E-state index in [1.807, 2.05) is 0 Å². The minimum atomic E-state index is -4.43. The molecule has 1 atom stereocenters. The lowest BCUT2D eigenvalue weighted by atomic mass is 10.1. The first-order valence-corrected chi connectivity index (χ1v) is 6.55. The molecule has 2 rings (SSSR count). The third kappa shape index (κ3) is 4.36. The zero-order valence-corrected chi connectivity index (χ0v) is 12.7. The van der Waals surface area contributed by atoms with Gasteiger partial charge in [0.05, 0.1) is 11.5 Å². The van der Waals surface area contributed by atoms with Crippen LogP contribution in [0.3, 0.4) is 0 Å². The van der Waals surface area contributed by atoms with Crippen LogP contribution in [-0.2, 0) is 11.0 Å². The molecule has 1 fully saturated rings. The van der Waals surface area contributed by atoms with E-state index in [2.05, 4.69) is 26.6 Å². The molecule has 0 saturated carbocycles. The second-order valence-corrected chi connectivity index (χ2v) is 5.32. The zero-order valence-electron chi connectivity index (χ0n) is 10.3. The summed E-state index contributed by atoms with van der Waals surface area (Å²) in [5.41, 5.74) is -0.639. The van der Waals surface area contributed by atoms with Crippen molar-refractivity contribution in [3.8, 4) is 0 Å². The Kier molecular flexibility index (Phi) is 5.85. The van der Waals surface area contributed by atoms with E-state index in [9.17, 15) is 18.0 Å². The van der Waals surface area contributed by atoms with E-state index in [1.165, 1.54) is 6.07 Å². The SMILES string of the molecule is Cl.O=C(Nc1cc(Br)cc(C(F)(F)F)c1)C1CCNC1. The number of nitrogens with one attached hydrogen (secondary N) is 2. The van der Waals surface area contributed by atoms with Gasteiger partial charge >= 0.3 is 6.18 Å². The van der Waals surface area contributed by atoms with Gasteiger partial charge in [-0.15, -0.1) is 12.4 Å². The van der Waals surface area contributed by atoms with Gasteiger partial charge in [-0.2, -0.15) is 13.2 Å². The number of alkyl halides is 3. The molecule has 1 aromatic rings. The van der Waals surface area contributed by atoms with Crippen LogP contribution in [0.15, 0.2) is 22.7 Å². The highest BCUT2D eigenvalue weighted by molar-refractivity contribution is 9.10. The van der Waals surface area contributed by atoms with Crippen molar-refractivity contribution in [2.45, 2.75) is 12.6 Å². The Morgan fingerprint density at radius 3 is 2.60 bits per heavy atom. The van der Waals surface area contributed by atoms with Gasteiger partial charge in [-0.3, -0.25) is 4.79 Å². The van der Waals surface area contributed by atoms with Crippen LogP contribution in [0.1, 0.15) is 12.0 Å². The Morgan fingerprint density at radius 2 is 2.05 bits per heavy atom. The normalized spacial score (nSPS) is 18.5. The molecular weight excluding hydrogens is 360 g/mol. The molecule has 1 unspecified atom stereocenters. The lowest BCUT2D eigenvalue weighted by Gasteiger charge is -2.13. The molecule has 20 heavy (non-hydrogen) atoms. The number of halogens is 5. The van der Waals surface area contributed by atoms with Gasteiger partial charge in [0, 0.05) is 16.7 Å². The Morgan fingerprint density at radius 1 is 1.35 bits per heavy atom. The van der Waals surface area contributed by atoms with Crippen LogP contribution < -0.4 is 10.6 Å². The van der Waals surface area contributed by atoms with Crippen molar-refractivity contribution in [2.75, 3.05) is 18.4 Å². The molecular formula is C12H13BrClF3N2O. The molecule has 0 bridgehead atoms. The maximum atomic E-state index is 12.6. The van der Waals surface area contributed by atoms with E-state index in [0.717, 1.165) is 18.7 Å². The Balaban J connectivity index is 0.00000200. The van der Waals surface area contributed by atoms with E-state index >= 15 is 0 Å². The molecule has 1 saturated heterocycles. The fourth-order valence-electron chi connectivity index (χ4n) is 1.95. The van der Waals surface area contributed by atoms with Crippen LogP contribution in [0.4, 0.5) is 18.9 Å². The van der Waals surface area contributed by atoms with Crippen molar-refractivity contribution >= 4 is 39.9 Å². The third-order valence-electron chi connectivity index (χ3n) is 2.92. The molecule has 3 nitrogen and oxygen atoms in total. The molecule has 0 aromatic heterocycles. The quantitative estimate of drug-likeness (QED) is 0.834. The summed E-state index contributed by atoms with van der Waals surface area (Å²) < 4.78 is 38.2. The lowest BCUT2D eigenvalue weighted by Crippen LogP contribution is -2.24. The summed E-state index contributed by atoms with van der Waals surface area (Å²) in [5, 5.41) is 5.56. The van der Waals surface area contributed by atoms with Gasteiger partial charge in [0.2, 0.25) is 5.91 Å². The summed E-state index contributed by atoms with van der Waals surface area (Å²) in [5.74, 6) is -0.440. The number of carbonyl (C=O) groups excluding carboxylic acids is 1. The van der Waals surface area contributed by atoms with Crippen LogP contribution in [0.2, 0.25) is 0 Å². The topological polar surface area (TPSA) is 41.1 Å². The molecule has 112 valence electrons. The van der Waals surface area contributed by atoms with Gasteiger partial charge in [-0.25, -0.2) is 0 Å². The zero-order chi connectivity index (χ0) is 14.0. The standard InChI is InChI=1S/C12H12BrF3N2O.ClH/c13-9-3-8(12(14,15)16)4-10(5-9)18-11(19)7-1-2-17-6-7;/h3-5,7,17H,1-2,6H2,(H,18,19);1H. The molecule has 1 aliphatic heterocycles. The number of rotatable bonds is 2. The fourth-order valence-corrected chi connectivity index (χ4v) is 2.44. The van der Waals surface area contributed by atoms with Crippen LogP contribution in [-0.4, -0.2) is 19.0 Å². The minimum Gasteiger partial charge on any atom is -0.326 e. The van der Waals surface area contributed by atoms with E-state index < -0.39 is 11.7 Å². The minimum absolute atomic E-state index is 0. The van der Waals surface area contributed by atoms with E-state index in [4.69, 9.17) is 0 Å². The van der Waals surface area contributed by atoms with E-state index in [0.29, 0.717) is 13.0 Å². The molecule has 0 spiro atoms. The van der Waals surface area contributed by atoms with Gasteiger partial charge in [-0.05, 0) is 31.2 Å². The summed E-state index contributed by atoms with van der Waals surface area (Å²) in [4.78, 5) is 11.8. The summed E-state index contributed by atoms with van der Waals surface area (Å²) in [6.07, 6.45) is -3.73. The van der Waals surface area contributed by atoms with Crippen molar-refractivity contribution in [1.82, 2.24) is 5.32 Å². The second kappa shape index (κ2) is 6.78. The number of amides is 1. The fraction of sp³-hybridized carbons (Fsp3) is 0.417. The van der Waals surface area contributed by atoms with Crippen molar-refractivity contribution < 1.29 is 18.0 Å². The number of hydrogen-bond acceptors (Lipinski definition) is 2. The maximum absolute atomic E-state index is 12.6. The molecule has 2 N–H and O–H groups in total. The van der Waals surface area contributed by atoms with Crippen molar-refractivity contribution in [3.63, 3.8) is 0 Å². The van der Waals surface area contributed by atoms with Crippen molar-refractivity contribution in [1.29, 1.82) is 0 Å². The van der Waals surface area contributed by atoms with Crippen molar-refractivity contribution in [2.24, 2.45) is 5.92 Å². The molecule has 1 amide bonds. The van der Waals surface area contributed by atoms with Gasteiger partial charge in [0.15, 0.2) is 0 Å². The average molecular weight is 374 g/mol. The predicted octanol–water partition coefficient (Wildman–Crippen LogP) is 3.44. The predicted molar refractivity (Wildman–Crippen MR) is 76.0 cm³/mol. The Hall–Kier alpha value is -0.790. The van der Waals surface area contributed by atoms with Crippen LogP contribution in [0.25, 0.3) is 0 Å². The molecule has 1 aliphatic rings. The Bertz CT molecular complexity index is 490. The Labute approximate surface area is 128 Å². The first-order chi connectivity index (χ1) is 8.86. The largest absolute Gasteiger partial charge is 0.416 e. The van der Waals surface area contributed by atoms with Gasteiger partial charge in [0.1, 0.15) is 0 Å². The lowest BCUT2D eigenvalue weighted by molar-refractivity contribution is -0.137. The van der Waals surface area contributed by atoms with Crippen LogP contribution in [0, 0.1) is 5.92 Å². The van der Waals surface area contributed by atoms with E-state index in [1.54, 1.807) is 0 Å². The molecule has 0 radical (unpaired) electrons. The first-order valence-electron chi connectivity index (χ1n) is 5.75. The molecule has 0 aliphatic carbocycles. The summed E-state index contributed by atoms with van der Waals surface area (Å²) in [6, 6.07) is 3.37. The van der Waals surface area contributed by atoms with Gasteiger partial charge in [0.25, 0.3) is 0 Å². The first kappa shape index (κ1) is 17.3.